The van der Waals surface area contributed by atoms with E-state index in [1.54, 1.807) is 0 Å². The summed E-state index contributed by atoms with van der Waals surface area (Å²) in [5.41, 5.74) is 5.16. The molecule has 0 spiro atoms. The lowest BCUT2D eigenvalue weighted by atomic mass is 9.92. The number of anilines is 1. The number of hydrogen-bond acceptors (Lipinski definition) is 3. The second-order valence-electron chi connectivity index (χ2n) is 5.04. The van der Waals surface area contributed by atoms with Gasteiger partial charge in [0.15, 0.2) is 0 Å². The fourth-order valence-corrected chi connectivity index (χ4v) is 2.29. The molecule has 8 heteroatoms. The highest BCUT2D eigenvalue weighted by molar-refractivity contribution is 5.95. The predicted octanol–water partition coefficient (Wildman–Crippen LogP) is 2.82. The van der Waals surface area contributed by atoms with Crippen LogP contribution in [0.2, 0.25) is 0 Å². The molecule has 0 aromatic heterocycles. The summed E-state index contributed by atoms with van der Waals surface area (Å²) in [5, 5.41) is 2.45. The summed E-state index contributed by atoms with van der Waals surface area (Å²) in [6.45, 7) is 1.10. The van der Waals surface area contributed by atoms with Gasteiger partial charge >= 0.3 is 6.18 Å². The first-order valence-corrected chi connectivity index (χ1v) is 6.69. The molecule has 1 saturated heterocycles. The number of carbonyl (C=O) groups is 1. The normalized spacial score (nSPS) is 17.5. The lowest BCUT2D eigenvalue weighted by molar-refractivity contribution is -0.137. The van der Waals surface area contributed by atoms with Crippen LogP contribution < -0.4 is 11.1 Å². The van der Waals surface area contributed by atoms with Crippen LogP contribution in [0.1, 0.15) is 18.4 Å². The maximum atomic E-state index is 12.6. The van der Waals surface area contributed by atoms with Crippen molar-refractivity contribution < 1.29 is 22.7 Å². The summed E-state index contributed by atoms with van der Waals surface area (Å²) in [5.74, 6) is -0.481. The van der Waals surface area contributed by atoms with Gasteiger partial charge in [-0.05, 0) is 37.0 Å². The van der Waals surface area contributed by atoms with Crippen molar-refractivity contribution in [3.8, 4) is 0 Å². The minimum Gasteiger partial charge on any atom is -0.381 e. The summed E-state index contributed by atoms with van der Waals surface area (Å²) in [4.78, 5) is 12.0. The summed E-state index contributed by atoms with van der Waals surface area (Å²) in [6, 6.07) is 3.76. The lowest BCUT2D eigenvalue weighted by Gasteiger charge is -2.26. The Hall–Kier alpha value is -1.31. The zero-order valence-corrected chi connectivity index (χ0v) is 12.5. The molecule has 0 saturated carbocycles. The Kier molecular flexibility index (Phi) is 6.65. The molecule has 1 aliphatic heterocycles. The average Bonchev–Trinajstić information content (AvgIpc) is 2.47. The number of hydrogen-bond donors (Lipinski definition) is 2. The van der Waals surface area contributed by atoms with Crippen molar-refractivity contribution in [1.29, 1.82) is 0 Å². The molecule has 1 heterocycles. The standard InChI is InChI=1S/C14H17F3N2O2.ClH/c15-14(16,17)10-2-1-3-11(8-10)19-13(20)12(18)9-4-6-21-7-5-9;/h1-3,8-9,12H,4-7,18H2,(H,19,20);1H. The molecule has 1 aromatic carbocycles. The van der Waals surface area contributed by atoms with Gasteiger partial charge in [0.2, 0.25) is 5.91 Å². The number of rotatable bonds is 3. The highest BCUT2D eigenvalue weighted by Crippen LogP contribution is 2.30. The van der Waals surface area contributed by atoms with Crippen LogP contribution in [0.5, 0.6) is 0 Å². The van der Waals surface area contributed by atoms with Crippen LogP contribution >= 0.6 is 12.4 Å². The van der Waals surface area contributed by atoms with Gasteiger partial charge in [0.25, 0.3) is 0 Å². The summed E-state index contributed by atoms with van der Waals surface area (Å²) >= 11 is 0. The molecule has 1 atom stereocenters. The molecule has 0 aliphatic carbocycles. The Labute approximate surface area is 132 Å². The van der Waals surface area contributed by atoms with Crippen molar-refractivity contribution in [2.75, 3.05) is 18.5 Å². The number of ether oxygens (including phenoxy) is 1. The lowest BCUT2D eigenvalue weighted by Crippen LogP contribution is -2.44. The molecule has 1 aliphatic rings. The largest absolute Gasteiger partial charge is 0.416 e. The Balaban J connectivity index is 0.00000242. The van der Waals surface area contributed by atoms with E-state index in [-0.39, 0.29) is 24.0 Å². The third-order valence-electron chi connectivity index (χ3n) is 3.53. The molecular formula is C14H18ClF3N2O2. The molecule has 124 valence electrons. The van der Waals surface area contributed by atoms with E-state index in [4.69, 9.17) is 10.5 Å². The minimum absolute atomic E-state index is 0. The smallest absolute Gasteiger partial charge is 0.381 e. The van der Waals surface area contributed by atoms with Gasteiger partial charge in [0.1, 0.15) is 0 Å². The van der Waals surface area contributed by atoms with Gasteiger partial charge in [-0.1, -0.05) is 6.07 Å². The molecule has 1 aromatic rings. The molecule has 0 bridgehead atoms. The van der Waals surface area contributed by atoms with Crippen molar-refractivity contribution >= 4 is 24.0 Å². The molecular weight excluding hydrogens is 321 g/mol. The van der Waals surface area contributed by atoms with Gasteiger partial charge < -0.3 is 15.8 Å². The number of nitrogens with two attached hydrogens (primary N) is 1. The molecule has 0 radical (unpaired) electrons. The van der Waals surface area contributed by atoms with Crippen LogP contribution in [-0.4, -0.2) is 25.2 Å². The molecule has 2 rings (SSSR count). The monoisotopic (exact) mass is 338 g/mol. The SMILES string of the molecule is Cl.NC(C(=O)Nc1cccc(C(F)(F)F)c1)C1CCOCC1. The van der Waals surface area contributed by atoms with Crippen LogP contribution in [0.25, 0.3) is 0 Å². The minimum atomic E-state index is -4.44. The summed E-state index contributed by atoms with van der Waals surface area (Å²) in [6.07, 6.45) is -3.09. The maximum Gasteiger partial charge on any atom is 0.416 e. The van der Waals surface area contributed by atoms with E-state index in [9.17, 15) is 18.0 Å². The van der Waals surface area contributed by atoms with Crippen molar-refractivity contribution in [2.45, 2.75) is 25.1 Å². The first kappa shape index (κ1) is 18.7. The number of nitrogens with one attached hydrogen (secondary N) is 1. The van der Waals surface area contributed by atoms with Gasteiger partial charge in [-0.15, -0.1) is 12.4 Å². The molecule has 4 nitrogen and oxygen atoms in total. The van der Waals surface area contributed by atoms with Crippen molar-refractivity contribution in [3.05, 3.63) is 29.8 Å². The quantitative estimate of drug-likeness (QED) is 0.890. The molecule has 22 heavy (non-hydrogen) atoms. The van der Waals surface area contributed by atoms with Crippen LogP contribution in [0.4, 0.5) is 18.9 Å². The highest BCUT2D eigenvalue weighted by atomic mass is 35.5. The van der Waals surface area contributed by atoms with Crippen LogP contribution in [0.3, 0.4) is 0 Å². The van der Waals surface area contributed by atoms with E-state index >= 15 is 0 Å². The molecule has 3 N–H and O–H groups in total. The fourth-order valence-electron chi connectivity index (χ4n) is 2.29. The third kappa shape index (κ3) is 4.86. The van der Waals surface area contributed by atoms with Gasteiger partial charge in [0, 0.05) is 18.9 Å². The molecule has 1 unspecified atom stereocenters. The number of alkyl halides is 3. The highest BCUT2D eigenvalue weighted by Gasteiger charge is 2.31. The van der Waals surface area contributed by atoms with E-state index in [1.165, 1.54) is 12.1 Å². The zero-order valence-electron chi connectivity index (χ0n) is 11.7. The van der Waals surface area contributed by atoms with Gasteiger partial charge in [-0.2, -0.15) is 13.2 Å². The average molecular weight is 339 g/mol. The first-order valence-electron chi connectivity index (χ1n) is 6.69. The fraction of sp³-hybridized carbons (Fsp3) is 0.500. The number of halogens is 4. The topological polar surface area (TPSA) is 64.4 Å². The Bertz CT molecular complexity index is 505. The van der Waals surface area contributed by atoms with Crippen molar-refractivity contribution in [2.24, 2.45) is 11.7 Å². The number of benzene rings is 1. The van der Waals surface area contributed by atoms with E-state index < -0.39 is 23.7 Å². The zero-order chi connectivity index (χ0) is 15.5. The van der Waals surface area contributed by atoms with Crippen LogP contribution in [-0.2, 0) is 15.7 Å². The van der Waals surface area contributed by atoms with Gasteiger partial charge in [-0.3, -0.25) is 4.79 Å². The molecule has 1 amide bonds. The predicted molar refractivity (Wildman–Crippen MR) is 78.8 cm³/mol. The Morgan fingerprint density at radius 3 is 2.55 bits per heavy atom. The Morgan fingerprint density at radius 1 is 1.32 bits per heavy atom. The van der Waals surface area contributed by atoms with Gasteiger partial charge in [-0.25, -0.2) is 0 Å². The number of amides is 1. The molecule has 1 fully saturated rings. The van der Waals surface area contributed by atoms with E-state index in [2.05, 4.69) is 5.32 Å². The van der Waals surface area contributed by atoms with Crippen LogP contribution in [0.15, 0.2) is 24.3 Å². The van der Waals surface area contributed by atoms with E-state index in [0.717, 1.165) is 12.1 Å². The van der Waals surface area contributed by atoms with Crippen molar-refractivity contribution in [1.82, 2.24) is 0 Å². The van der Waals surface area contributed by atoms with Crippen LogP contribution in [0, 0.1) is 5.92 Å². The van der Waals surface area contributed by atoms with Crippen molar-refractivity contribution in [3.63, 3.8) is 0 Å². The van der Waals surface area contributed by atoms with Gasteiger partial charge in [0.05, 0.1) is 11.6 Å². The third-order valence-corrected chi connectivity index (χ3v) is 3.53. The summed E-state index contributed by atoms with van der Waals surface area (Å²) < 4.78 is 43.0. The van der Waals surface area contributed by atoms with E-state index in [1.807, 2.05) is 0 Å². The first-order chi connectivity index (χ1) is 9.88. The van der Waals surface area contributed by atoms with E-state index in [0.29, 0.717) is 26.1 Å². The second-order valence-corrected chi connectivity index (χ2v) is 5.04. The second kappa shape index (κ2) is 7.80. The Morgan fingerprint density at radius 2 is 1.95 bits per heavy atom. The maximum absolute atomic E-state index is 12.6. The summed E-state index contributed by atoms with van der Waals surface area (Å²) in [7, 11) is 0. The number of carbonyl (C=O) groups excluding carboxylic acids is 1.